The van der Waals surface area contributed by atoms with E-state index in [-0.39, 0.29) is 59.3 Å². The van der Waals surface area contributed by atoms with E-state index in [4.69, 9.17) is 19.7 Å². The van der Waals surface area contributed by atoms with Crippen LogP contribution in [-0.2, 0) is 50.4 Å². The molecule has 170 valence electrons. The van der Waals surface area contributed by atoms with Gasteiger partial charge < -0.3 is 29.3 Å². The van der Waals surface area contributed by atoms with Crippen LogP contribution in [0, 0.1) is 0 Å². The van der Waals surface area contributed by atoms with Crippen LogP contribution in [0.15, 0.2) is 0 Å². The minimum atomic E-state index is -0.216. The molecule has 0 aromatic rings. The van der Waals surface area contributed by atoms with Gasteiger partial charge >= 0.3 is 21.7 Å². The Morgan fingerprint density at radius 2 is 1.03 bits per heavy atom. The number of aliphatic hydroxyl groups excluding tert-OH is 2. The molecule has 0 saturated heterocycles. The van der Waals surface area contributed by atoms with Gasteiger partial charge in [0.2, 0.25) is 0 Å². The number of Topliss-reactive ketones (excluding diaryl/α,β-unsaturated/α-hetero) is 2. The number of hydrogen-bond donors (Lipinski definition) is 2. The predicted molar refractivity (Wildman–Crippen MR) is 108 cm³/mol. The van der Waals surface area contributed by atoms with Crippen LogP contribution >= 0.6 is 0 Å². The Balaban J connectivity index is -0.0000000907. The van der Waals surface area contributed by atoms with E-state index >= 15 is 0 Å². The van der Waals surface area contributed by atoms with Gasteiger partial charge in [0.15, 0.2) is 0 Å². The number of carbonyl (C=O) groups excluding carboxylic acids is 4. The van der Waals surface area contributed by atoms with Crippen LogP contribution in [0.2, 0.25) is 0 Å². The van der Waals surface area contributed by atoms with Crippen LogP contribution in [0.1, 0.15) is 66.2 Å². The van der Waals surface area contributed by atoms with Crippen molar-refractivity contribution in [1.82, 2.24) is 0 Å². The van der Waals surface area contributed by atoms with Gasteiger partial charge in [-0.25, -0.2) is 0 Å². The molecular formula is C20H38O8Ti. The van der Waals surface area contributed by atoms with Gasteiger partial charge in [0, 0.05) is 26.4 Å². The minimum absolute atomic E-state index is 0. The molecule has 0 unspecified atom stereocenters. The molecule has 9 heteroatoms. The Bertz CT molecular complexity index is 302. The summed E-state index contributed by atoms with van der Waals surface area (Å²) >= 11 is 0. The zero-order chi connectivity index (χ0) is 22.5. The second kappa shape index (κ2) is 41.6. The van der Waals surface area contributed by atoms with Gasteiger partial charge in [-0.2, -0.15) is 0 Å². The largest absolute Gasteiger partial charge is 2.00 e. The summed E-state index contributed by atoms with van der Waals surface area (Å²) in [5, 5.41) is 16.1. The van der Waals surface area contributed by atoms with Crippen LogP contribution in [0.3, 0.4) is 0 Å². The number of hydrogen-bond acceptors (Lipinski definition) is 8. The molecule has 0 rings (SSSR count). The van der Waals surface area contributed by atoms with Crippen molar-refractivity contribution in [3.8, 4) is 0 Å². The molecule has 0 aliphatic rings. The Morgan fingerprint density at radius 1 is 0.724 bits per heavy atom. The van der Waals surface area contributed by atoms with E-state index in [2.05, 4.69) is 13.8 Å². The number of carbonyl (C=O) groups is 2. The number of aliphatic hydroxyl groups is 2. The van der Waals surface area contributed by atoms with Crippen molar-refractivity contribution in [1.29, 1.82) is 0 Å². The van der Waals surface area contributed by atoms with Crippen molar-refractivity contribution in [3.05, 3.63) is 0 Å². The molecule has 2 N–H and O–H groups in total. The van der Waals surface area contributed by atoms with Crippen LogP contribution < -0.4 is 0 Å². The first kappa shape index (κ1) is 38.8. The van der Waals surface area contributed by atoms with Crippen LogP contribution in [0.4, 0.5) is 0 Å². The molecule has 0 saturated carbocycles. The molecular weight excluding hydrogens is 416 g/mol. The fourth-order valence-electron chi connectivity index (χ4n) is 1.01. The molecule has 8 nitrogen and oxygen atoms in total. The Labute approximate surface area is 190 Å². The van der Waals surface area contributed by atoms with Gasteiger partial charge in [0.1, 0.15) is 24.8 Å². The molecule has 29 heavy (non-hydrogen) atoms. The Hall–Kier alpha value is -0.766. The smallest absolute Gasteiger partial charge is 0.541 e. The number of ether oxygens (including phenoxy) is 2. The molecule has 0 fully saturated rings. The summed E-state index contributed by atoms with van der Waals surface area (Å²) in [6.07, 6.45) is 6.76. The van der Waals surface area contributed by atoms with Crippen LogP contribution in [0.5, 0.6) is 0 Å². The van der Waals surface area contributed by atoms with E-state index < -0.39 is 0 Å². The number of unbranched alkanes of at least 4 members (excludes halogenated alkanes) is 2. The first-order chi connectivity index (χ1) is 13.4. The first-order valence-corrected chi connectivity index (χ1v) is 9.55. The van der Waals surface area contributed by atoms with Crippen LogP contribution in [0.25, 0.3) is 0 Å². The summed E-state index contributed by atoms with van der Waals surface area (Å²) in [7, 11) is 0. The standard InChI is InChI=1S/2C6H9O3.2C4H10O.Ti/c2*1-2-9-5-6(8)3-4-7;2*1-2-3-4-5;/h2*2-3,5H2,1H3;2*5H,2-4H2,1H3;/q2*-1;;;+2. The molecule has 0 radical (unpaired) electrons. The SMILES string of the molecule is CCCCO.CCCCO.CCOCC(=O)C[C-]=O.CCOCC(=O)C[C-]=O.[Ti+2]. The van der Waals surface area contributed by atoms with Gasteiger partial charge in [0.05, 0.1) is 0 Å². The van der Waals surface area contributed by atoms with Crippen molar-refractivity contribution in [2.75, 3.05) is 39.6 Å². The second-order valence-corrected chi connectivity index (χ2v) is 5.15. The molecule has 0 aliphatic heterocycles. The van der Waals surface area contributed by atoms with Gasteiger partial charge in [0.25, 0.3) is 0 Å². The van der Waals surface area contributed by atoms with E-state index in [1.807, 2.05) is 0 Å². The van der Waals surface area contributed by atoms with Crippen molar-refractivity contribution in [2.24, 2.45) is 0 Å². The van der Waals surface area contributed by atoms with E-state index in [1.165, 1.54) is 12.6 Å². The molecule has 0 aliphatic carbocycles. The molecule has 0 spiro atoms. The summed E-state index contributed by atoms with van der Waals surface area (Å²) in [6, 6.07) is 0. The number of rotatable bonds is 14. The predicted octanol–water partition coefficient (Wildman–Crippen LogP) is 1.74. The maximum absolute atomic E-state index is 10.4. The normalized spacial score (nSPS) is 8.48. The molecule has 0 aromatic carbocycles. The van der Waals surface area contributed by atoms with E-state index in [0.29, 0.717) is 26.4 Å². The minimum Gasteiger partial charge on any atom is -0.541 e. The van der Waals surface area contributed by atoms with Gasteiger partial charge in [-0.15, -0.1) is 0 Å². The van der Waals surface area contributed by atoms with Gasteiger partial charge in [-0.1, -0.05) is 39.5 Å². The average molecular weight is 454 g/mol. The average Bonchev–Trinajstić information content (AvgIpc) is 2.68. The molecule has 0 bridgehead atoms. The van der Waals surface area contributed by atoms with Crippen molar-refractivity contribution in [2.45, 2.75) is 66.2 Å². The summed E-state index contributed by atoms with van der Waals surface area (Å²) in [4.78, 5) is 40.0. The number of ketones is 2. The maximum atomic E-state index is 10.4. The zero-order valence-corrected chi connectivity index (χ0v) is 19.9. The topological polar surface area (TPSA) is 127 Å². The fourth-order valence-corrected chi connectivity index (χ4v) is 1.01. The van der Waals surface area contributed by atoms with Crippen LogP contribution in [-0.4, -0.2) is 74.0 Å². The summed E-state index contributed by atoms with van der Waals surface area (Å²) < 4.78 is 9.44. The Kier molecular flexibility index (Phi) is 55.6. The molecule has 0 aromatic heterocycles. The quantitative estimate of drug-likeness (QED) is 0.231. The van der Waals surface area contributed by atoms with E-state index in [0.717, 1.165) is 25.7 Å². The summed E-state index contributed by atoms with van der Waals surface area (Å²) in [5.41, 5.74) is 0. The van der Waals surface area contributed by atoms with E-state index in [1.54, 1.807) is 13.8 Å². The molecule has 0 amide bonds. The zero-order valence-electron chi connectivity index (χ0n) is 18.3. The maximum Gasteiger partial charge on any atom is 2.00 e. The second-order valence-electron chi connectivity index (χ2n) is 5.15. The first-order valence-electron chi connectivity index (χ1n) is 9.55. The summed E-state index contributed by atoms with van der Waals surface area (Å²) in [6.45, 7) is 9.45. The Morgan fingerprint density at radius 3 is 1.17 bits per heavy atom. The third-order valence-corrected chi connectivity index (χ3v) is 2.50. The molecule has 0 heterocycles. The van der Waals surface area contributed by atoms with Gasteiger partial charge in [-0.05, 0) is 26.7 Å². The van der Waals surface area contributed by atoms with Crippen molar-refractivity contribution >= 4 is 24.1 Å². The van der Waals surface area contributed by atoms with Crippen molar-refractivity contribution in [3.63, 3.8) is 0 Å². The van der Waals surface area contributed by atoms with Crippen molar-refractivity contribution < 1.29 is 60.6 Å². The third-order valence-electron chi connectivity index (χ3n) is 2.50. The molecule has 0 atom stereocenters. The van der Waals surface area contributed by atoms with Gasteiger partial charge in [-0.3, -0.25) is 22.2 Å². The third kappa shape index (κ3) is 58.4. The monoisotopic (exact) mass is 454 g/mol. The fraction of sp³-hybridized carbons (Fsp3) is 0.800. The van der Waals surface area contributed by atoms with E-state index in [9.17, 15) is 19.2 Å². The summed E-state index contributed by atoms with van der Waals surface area (Å²) in [5.74, 6) is -0.432.